The van der Waals surface area contributed by atoms with Gasteiger partial charge in [-0.1, -0.05) is 20.8 Å². The Bertz CT molecular complexity index is 472. The summed E-state index contributed by atoms with van der Waals surface area (Å²) in [6.07, 6.45) is 0. The molecule has 0 saturated carbocycles. The summed E-state index contributed by atoms with van der Waals surface area (Å²) >= 11 is 0. The van der Waals surface area contributed by atoms with Gasteiger partial charge in [-0.3, -0.25) is 0 Å². The van der Waals surface area contributed by atoms with Gasteiger partial charge in [-0.15, -0.1) is 0 Å². The second kappa shape index (κ2) is 5.87. The molecule has 0 amide bonds. The van der Waals surface area contributed by atoms with E-state index in [9.17, 15) is 8.78 Å². The van der Waals surface area contributed by atoms with E-state index in [1.807, 2.05) is 20.8 Å². The average molecular weight is 288 g/mol. The molecule has 0 aliphatic rings. The fourth-order valence-electron chi connectivity index (χ4n) is 1.54. The van der Waals surface area contributed by atoms with Crippen molar-refractivity contribution in [3.63, 3.8) is 0 Å². The average Bonchev–Trinajstić information content (AvgIpc) is 2.36. The molecule has 0 fully saturated rings. The van der Waals surface area contributed by atoms with Crippen molar-refractivity contribution in [3.05, 3.63) is 11.4 Å². The van der Waals surface area contributed by atoms with Crippen LogP contribution in [0.5, 0.6) is 0 Å². The minimum absolute atomic E-state index is 0.296. The second-order valence-corrected chi connectivity index (χ2v) is 5.74. The number of halogens is 2. The number of aliphatic hydroxyl groups is 1. The molecular weight excluding hydrogens is 266 g/mol. The van der Waals surface area contributed by atoms with E-state index in [2.05, 4.69) is 20.6 Å². The third-order valence-corrected chi connectivity index (χ3v) is 2.80. The number of alkyl halides is 2. The number of anilines is 2. The SMILES string of the molecule is CNc1nc(C(C)(C)C)nc(NCC(F)(F)CO)c1C. The van der Waals surface area contributed by atoms with E-state index in [0.717, 1.165) is 0 Å². The molecule has 0 atom stereocenters. The van der Waals surface area contributed by atoms with E-state index < -0.39 is 19.1 Å². The zero-order chi connectivity index (χ0) is 15.6. The first-order valence-corrected chi connectivity index (χ1v) is 6.40. The van der Waals surface area contributed by atoms with Gasteiger partial charge in [0, 0.05) is 18.0 Å². The number of aromatic nitrogens is 2. The Morgan fingerprint density at radius 1 is 1.15 bits per heavy atom. The third-order valence-electron chi connectivity index (χ3n) is 2.80. The van der Waals surface area contributed by atoms with E-state index in [1.165, 1.54) is 0 Å². The highest BCUT2D eigenvalue weighted by Gasteiger charge is 2.28. The molecule has 0 spiro atoms. The molecule has 0 aliphatic carbocycles. The molecule has 1 heterocycles. The monoisotopic (exact) mass is 288 g/mol. The molecular formula is C13H22F2N4O. The lowest BCUT2D eigenvalue weighted by molar-refractivity contribution is -0.0373. The number of hydrogen-bond acceptors (Lipinski definition) is 5. The van der Waals surface area contributed by atoms with Gasteiger partial charge in [-0.05, 0) is 6.92 Å². The largest absolute Gasteiger partial charge is 0.390 e. The van der Waals surface area contributed by atoms with Crippen molar-refractivity contribution in [2.75, 3.05) is 30.8 Å². The summed E-state index contributed by atoms with van der Waals surface area (Å²) in [5.74, 6) is -1.68. The molecule has 7 heteroatoms. The van der Waals surface area contributed by atoms with Gasteiger partial charge in [-0.2, -0.15) is 0 Å². The number of nitrogens with one attached hydrogen (secondary N) is 2. The van der Waals surface area contributed by atoms with Gasteiger partial charge in [0.15, 0.2) is 0 Å². The number of aliphatic hydroxyl groups excluding tert-OH is 1. The highest BCUT2D eigenvalue weighted by Crippen LogP contribution is 2.26. The zero-order valence-corrected chi connectivity index (χ0v) is 12.5. The van der Waals surface area contributed by atoms with Crippen LogP contribution in [0.1, 0.15) is 32.2 Å². The molecule has 0 unspecified atom stereocenters. The van der Waals surface area contributed by atoms with E-state index in [0.29, 0.717) is 23.0 Å². The van der Waals surface area contributed by atoms with Gasteiger partial charge < -0.3 is 15.7 Å². The van der Waals surface area contributed by atoms with Crippen LogP contribution in [-0.2, 0) is 5.41 Å². The smallest absolute Gasteiger partial charge is 0.287 e. The molecule has 1 rings (SSSR count). The van der Waals surface area contributed by atoms with E-state index >= 15 is 0 Å². The minimum atomic E-state index is -3.18. The third kappa shape index (κ3) is 4.00. The zero-order valence-electron chi connectivity index (χ0n) is 12.5. The highest BCUT2D eigenvalue weighted by molar-refractivity contribution is 5.57. The first-order valence-electron chi connectivity index (χ1n) is 6.40. The summed E-state index contributed by atoms with van der Waals surface area (Å²) in [6, 6.07) is 0. The van der Waals surface area contributed by atoms with Crippen LogP contribution in [0, 0.1) is 6.92 Å². The van der Waals surface area contributed by atoms with Crippen LogP contribution in [0.4, 0.5) is 20.4 Å². The van der Waals surface area contributed by atoms with Gasteiger partial charge in [0.25, 0.3) is 5.92 Å². The van der Waals surface area contributed by atoms with Crippen molar-refractivity contribution < 1.29 is 13.9 Å². The van der Waals surface area contributed by atoms with Crippen LogP contribution in [0.25, 0.3) is 0 Å². The number of nitrogens with zero attached hydrogens (tertiary/aromatic N) is 2. The fraction of sp³-hybridized carbons (Fsp3) is 0.692. The normalized spacial score (nSPS) is 12.4. The van der Waals surface area contributed by atoms with Crippen LogP contribution in [-0.4, -0.2) is 41.2 Å². The summed E-state index contributed by atoms with van der Waals surface area (Å²) in [7, 11) is 1.72. The molecule has 0 aliphatic heterocycles. The molecule has 1 aromatic heterocycles. The standard InChI is InChI=1S/C13H22F2N4O/c1-8-9(16-5)18-11(12(2,3)4)19-10(8)17-6-13(14,15)7-20/h20H,6-7H2,1-5H3,(H2,16,17,18,19). The maximum atomic E-state index is 13.1. The topological polar surface area (TPSA) is 70.1 Å². The summed E-state index contributed by atoms with van der Waals surface area (Å²) in [5.41, 5.74) is 0.365. The van der Waals surface area contributed by atoms with Crippen LogP contribution < -0.4 is 10.6 Å². The molecule has 3 N–H and O–H groups in total. The van der Waals surface area contributed by atoms with Crippen LogP contribution in [0.15, 0.2) is 0 Å². The van der Waals surface area contributed by atoms with Gasteiger partial charge in [-0.25, -0.2) is 18.7 Å². The maximum Gasteiger partial charge on any atom is 0.287 e. The van der Waals surface area contributed by atoms with Crippen molar-refractivity contribution in [2.24, 2.45) is 0 Å². The Labute approximate surface area is 117 Å². The van der Waals surface area contributed by atoms with E-state index in [4.69, 9.17) is 5.11 Å². The minimum Gasteiger partial charge on any atom is -0.390 e. The van der Waals surface area contributed by atoms with Crippen molar-refractivity contribution >= 4 is 11.6 Å². The van der Waals surface area contributed by atoms with Gasteiger partial charge in [0.05, 0.1) is 6.54 Å². The van der Waals surface area contributed by atoms with Crippen molar-refractivity contribution in [1.29, 1.82) is 0 Å². The first kappa shape index (κ1) is 16.6. The Hall–Kier alpha value is -1.50. The molecule has 0 saturated heterocycles. The summed E-state index contributed by atoms with van der Waals surface area (Å²) in [5, 5.41) is 14.1. The predicted molar refractivity (Wildman–Crippen MR) is 75.5 cm³/mol. The Morgan fingerprint density at radius 3 is 2.15 bits per heavy atom. The van der Waals surface area contributed by atoms with Gasteiger partial charge >= 0.3 is 0 Å². The summed E-state index contributed by atoms with van der Waals surface area (Å²) < 4.78 is 26.2. The Kier molecular flexibility index (Phi) is 4.86. The summed E-state index contributed by atoms with van der Waals surface area (Å²) in [4.78, 5) is 8.70. The van der Waals surface area contributed by atoms with Crippen LogP contribution in [0.3, 0.4) is 0 Å². The lowest BCUT2D eigenvalue weighted by atomic mass is 9.95. The van der Waals surface area contributed by atoms with Gasteiger partial charge in [0.1, 0.15) is 24.1 Å². The molecule has 0 aromatic carbocycles. The van der Waals surface area contributed by atoms with E-state index in [-0.39, 0.29) is 5.41 Å². The van der Waals surface area contributed by atoms with Crippen molar-refractivity contribution in [3.8, 4) is 0 Å². The fourth-order valence-corrected chi connectivity index (χ4v) is 1.54. The molecule has 1 aromatic rings. The molecule has 5 nitrogen and oxygen atoms in total. The Balaban J connectivity index is 3.12. The Morgan fingerprint density at radius 2 is 1.70 bits per heavy atom. The quantitative estimate of drug-likeness (QED) is 0.774. The van der Waals surface area contributed by atoms with Crippen LogP contribution in [0.2, 0.25) is 0 Å². The van der Waals surface area contributed by atoms with Crippen molar-refractivity contribution in [1.82, 2.24) is 9.97 Å². The van der Waals surface area contributed by atoms with Gasteiger partial charge in [0.2, 0.25) is 0 Å². The van der Waals surface area contributed by atoms with Crippen molar-refractivity contribution in [2.45, 2.75) is 39.0 Å². The molecule has 0 radical (unpaired) electrons. The maximum absolute atomic E-state index is 13.1. The molecule has 20 heavy (non-hydrogen) atoms. The summed E-state index contributed by atoms with van der Waals surface area (Å²) in [6.45, 7) is 5.72. The van der Waals surface area contributed by atoms with E-state index in [1.54, 1.807) is 14.0 Å². The first-order chi connectivity index (χ1) is 9.10. The lowest BCUT2D eigenvalue weighted by Gasteiger charge is -2.22. The highest BCUT2D eigenvalue weighted by atomic mass is 19.3. The molecule has 114 valence electrons. The number of hydrogen-bond donors (Lipinski definition) is 3. The predicted octanol–water partition coefficient (Wildman–Crippen LogP) is 2.16. The number of rotatable bonds is 5. The van der Waals surface area contributed by atoms with Crippen LogP contribution >= 0.6 is 0 Å². The second-order valence-electron chi connectivity index (χ2n) is 5.74. The molecule has 0 bridgehead atoms. The lowest BCUT2D eigenvalue weighted by Crippen LogP contribution is -2.32.